The molecule has 6 rings (SSSR count). The highest BCUT2D eigenvalue weighted by molar-refractivity contribution is 7.89. The standard InChI is InChI=1S/C26H24FN5O5S/c27-20-13-19-17(15-32(26(19)35)21-4-5-24(33)29-25(21)34)12-22(20)30-8-10-31(11-9-30)38(36,37)23-3-1-2-16-14-28-7-6-18(16)23/h1-3,6-7,12-14,21H,4-5,8-11,15H2,(H,29,33,34). The number of carbonyl (C=O) groups is 3. The number of carbonyl (C=O) groups excluding carboxylic acids is 3. The molecule has 4 heterocycles. The Labute approximate surface area is 218 Å². The second-order valence-corrected chi connectivity index (χ2v) is 11.5. The maximum atomic E-state index is 15.2. The van der Waals surface area contributed by atoms with E-state index in [9.17, 15) is 22.8 Å². The molecule has 12 heteroatoms. The maximum Gasteiger partial charge on any atom is 0.255 e. The van der Waals surface area contributed by atoms with Gasteiger partial charge < -0.3 is 9.80 Å². The Balaban J connectivity index is 1.20. The molecule has 0 spiro atoms. The van der Waals surface area contributed by atoms with Gasteiger partial charge in [-0.05, 0) is 36.2 Å². The number of pyridine rings is 1. The fraction of sp³-hybridized carbons (Fsp3) is 0.308. The Hall–Kier alpha value is -3.90. The first-order chi connectivity index (χ1) is 18.2. The van der Waals surface area contributed by atoms with Crippen LogP contribution in [0.5, 0.6) is 0 Å². The molecule has 0 bridgehead atoms. The molecule has 0 aliphatic carbocycles. The summed E-state index contributed by atoms with van der Waals surface area (Å²) in [6.07, 6.45) is 3.54. The van der Waals surface area contributed by atoms with E-state index in [4.69, 9.17) is 0 Å². The van der Waals surface area contributed by atoms with E-state index in [1.54, 1.807) is 41.6 Å². The fourth-order valence-corrected chi connectivity index (χ4v) is 7.08. The van der Waals surface area contributed by atoms with Gasteiger partial charge in [0.15, 0.2) is 0 Å². The number of hydrogen-bond acceptors (Lipinski definition) is 7. The molecule has 196 valence electrons. The van der Waals surface area contributed by atoms with E-state index < -0.39 is 33.7 Å². The number of hydrogen-bond donors (Lipinski definition) is 1. The van der Waals surface area contributed by atoms with Crippen LogP contribution in [0.25, 0.3) is 10.8 Å². The number of amides is 3. The van der Waals surface area contributed by atoms with E-state index in [1.165, 1.54) is 15.3 Å². The largest absolute Gasteiger partial charge is 0.367 e. The molecule has 0 radical (unpaired) electrons. The van der Waals surface area contributed by atoms with Gasteiger partial charge in [-0.3, -0.25) is 24.7 Å². The van der Waals surface area contributed by atoms with Gasteiger partial charge in [0.2, 0.25) is 21.8 Å². The second kappa shape index (κ2) is 9.14. The smallest absolute Gasteiger partial charge is 0.255 e. The molecule has 3 aliphatic rings. The van der Waals surface area contributed by atoms with Gasteiger partial charge in [0.05, 0.1) is 10.6 Å². The van der Waals surface area contributed by atoms with Gasteiger partial charge in [0.1, 0.15) is 11.9 Å². The first-order valence-electron chi connectivity index (χ1n) is 12.3. The lowest BCUT2D eigenvalue weighted by Crippen LogP contribution is -2.52. The van der Waals surface area contributed by atoms with Crippen molar-refractivity contribution in [3.8, 4) is 0 Å². The second-order valence-electron chi connectivity index (χ2n) is 9.60. The Bertz CT molecular complexity index is 1600. The first kappa shape index (κ1) is 24.4. The highest BCUT2D eigenvalue weighted by atomic mass is 32.2. The molecular formula is C26H24FN5O5S. The van der Waals surface area contributed by atoms with E-state index >= 15 is 4.39 Å². The minimum absolute atomic E-state index is 0.137. The molecule has 2 saturated heterocycles. The minimum Gasteiger partial charge on any atom is -0.367 e. The summed E-state index contributed by atoms with van der Waals surface area (Å²) in [5.74, 6) is -1.92. The molecule has 1 N–H and O–H groups in total. The van der Waals surface area contributed by atoms with Crippen LogP contribution in [0.3, 0.4) is 0 Å². The highest BCUT2D eigenvalue weighted by Crippen LogP contribution is 2.33. The van der Waals surface area contributed by atoms with Crippen LogP contribution in [0.1, 0.15) is 28.8 Å². The van der Waals surface area contributed by atoms with Gasteiger partial charge in [0.25, 0.3) is 5.91 Å². The molecule has 1 atom stereocenters. The number of anilines is 1. The van der Waals surface area contributed by atoms with Gasteiger partial charge in [-0.25, -0.2) is 12.8 Å². The Morgan fingerprint density at radius 2 is 1.82 bits per heavy atom. The summed E-state index contributed by atoms with van der Waals surface area (Å²) >= 11 is 0. The lowest BCUT2D eigenvalue weighted by molar-refractivity contribution is -0.136. The minimum atomic E-state index is -3.78. The van der Waals surface area contributed by atoms with Crippen molar-refractivity contribution in [2.24, 2.45) is 0 Å². The van der Waals surface area contributed by atoms with E-state index in [2.05, 4.69) is 10.3 Å². The topological polar surface area (TPSA) is 120 Å². The molecule has 3 amide bonds. The normalized spacial score (nSPS) is 20.7. The molecule has 1 unspecified atom stereocenters. The quantitative estimate of drug-likeness (QED) is 0.503. The molecular weight excluding hydrogens is 513 g/mol. The number of nitrogens with one attached hydrogen (secondary N) is 1. The summed E-state index contributed by atoms with van der Waals surface area (Å²) in [5, 5.41) is 3.58. The molecule has 2 fully saturated rings. The summed E-state index contributed by atoms with van der Waals surface area (Å²) < 4.78 is 43.5. The maximum absolute atomic E-state index is 15.2. The summed E-state index contributed by atoms with van der Waals surface area (Å²) in [4.78, 5) is 44.1. The zero-order chi connectivity index (χ0) is 26.6. The SMILES string of the molecule is O=C1CCC(N2Cc3cc(N4CCN(S(=O)(=O)c5cccc6cnccc56)CC4)c(F)cc3C2=O)C(=O)N1. The number of piperazine rings is 1. The monoisotopic (exact) mass is 537 g/mol. The molecule has 0 saturated carbocycles. The van der Waals surface area contributed by atoms with E-state index in [-0.39, 0.29) is 67.6 Å². The van der Waals surface area contributed by atoms with E-state index in [0.29, 0.717) is 10.9 Å². The summed E-state index contributed by atoms with van der Waals surface area (Å²) in [6.45, 7) is 1.01. The molecule has 3 aromatic rings. The first-order valence-corrected chi connectivity index (χ1v) is 13.7. The lowest BCUT2D eigenvalue weighted by atomic mass is 10.0. The molecule has 10 nitrogen and oxygen atoms in total. The van der Waals surface area contributed by atoms with Crippen LogP contribution in [0, 0.1) is 5.82 Å². The molecule has 38 heavy (non-hydrogen) atoms. The number of piperidine rings is 1. The highest BCUT2D eigenvalue weighted by Gasteiger charge is 2.40. The fourth-order valence-electron chi connectivity index (χ4n) is 5.44. The lowest BCUT2D eigenvalue weighted by Gasteiger charge is -2.35. The average Bonchev–Trinajstić information content (AvgIpc) is 3.22. The van der Waals surface area contributed by atoms with Gasteiger partial charge in [0, 0.05) is 67.9 Å². The Morgan fingerprint density at radius 3 is 2.58 bits per heavy atom. The van der Waals surface area contributed by atoms with Crippen molar-refractivity contribution in [1.29, 1.82) is 0 Å². The van der Waals surface area contributed by atoms with Gasteiger partial charge >= 0.3 is 0 Å². The Kier molecular flexibility index (Phi) is 5.88. The van der Waals surface area contributed by atoms with Crippen LogP contribution < -0.4 is 10.2 Å². The van der Waals surface area contributed by atoms with Crippen LogP contribution in [0.4, 0.5) is 10.1 Å². The average molecular weight is 538 g/mol. The summed E-state index contributed by atoms with van der Waals surface area (Å²) in [7, 11) is -3.78. The zero-order valence-corrected chi connectivity index (χ0v) is 21.1. The zero-order valence-electron chi connectivity index (χ0n) is 20.3. The van der Waals surface area contributed by atoms with Crippen molar-refractivity contribution in [2.75, 3.05) is 31.1 Å². The molecule has 1 aromatic heterocycles. The third kappa shape index (κ3) is 4.00. The van der Waals surface area contributed by atoms with E-state index in [1.807, 2.05) is 6.07 Å². The molecule has 2 aromatic carbocycles. The van der Waals surface area contributed by atoms with Crippen LogP contribution >= 0.6 is 0 Å². The van der Waals surface area contributed by atoms with Gasteiger partial charge in [-0.15, -0.1) is 0 Å². The number of benzene rings is 2. The van der Waals surface area contributed by atoms with Crippen molar-refractivity contribution in [2.45, 2.75) is 30.3 Å². The van der Waals surface area contributed by atoms with Crippen LogP contribution in [-0.4, -0.2) is 72.5 Å². The van der Waals surface area contributed by atoms with Crippen molar-refractivity contribution in [1.82, 2.24) is 19.5 Å². The van der Waals surface area contributed by atoms with Gasteiger partial charge in [-0.2, -0.15) is 4.31 Å². The summed E-state index contributed by atoms with van der Waals surface area (Å²) in [6, 6.07) is 8.77. The summed E-state index contributed by atoms with van der Waals surface area (Å²) in [5.41, 5.74) is 1.08. The van der Waals surface area contributed by atoms with Crippen molar-refractivity contribution >= 4 is 44.2 Å². The predicted octanol–water partition coefficient (Wildman–Crippen LogP) is 1.65. The van der Waals surface area contributed by atoms with Crippen LogP contribution in [-0.2, 0) is 26.2 Å². The van der Waals surface area contributed by atoms with Crippen LogP contribution in [0.15, 0.2) is 53.7 Å². The third-order valence-electron chi connectivity index (χ3n) is 7.43. The van der Waals surface area contributed by atoms with Crippen LogP contribution in [0.2, 0.25) is 0 Å². The molecule has 3 aliphatic heterocycles. The third-order valence-corrected chi connectivity index (χ3v) is 9.39. The number of halogens is 1. The van der Waals surface area contributed by atoms with Crippen molar-refractivity contribution in [3.63, 3.8) is 0 Å². The van der Waals surface area contributed by atoms with E-state index in [0.717, 1.165) is 5.39 Å². The van der Waals surface area contributed by atoms with Crippen molar-refractivity contribution in [3.05, 3.63) is 65.7 Å². The van der Waals surface area contributed by atoms with Crippen molar-refractivity contribution < 1.29 is 27.2 Å². The number of sulfonamides is 1. The number of fused-ring (bicyclic) bond motifs is 2. The predicted molar refractivity (Wildman–Crippen MR) is 135 cm³/mol. The number of nitrogens with zero attached hydrogens (tertiary/aromatic N) is 4. The van der Waals surface area contributed by atoms with Gasteiger partial charge in [-0.1, -0.05) is 12.1 Å². The Morgan fingerprint density at radius 1 is 1.03 bits per heavy atom. The number of aromatic nitrogens is 1. The number of imide groups is 1. The number of rotatable bonds is 4.